The second-order valence-corrected chi connectivity index (χ2v) is 10.7. The minimum Gasteiger partial charge on any atom is -0.493 e. The van der Waals surface area contributed by atoms with E-state index in [4.69, 9.17) is 9.47 Å². The maximum Gasteiger partial charge on any atom is 0.338 e. The minimum absolute atomic E-state index is 0.145. The van der Waals surface area contributed by atoms with E-state index >= 15 is 0 Å². The molecule has 0 amide bonds. The van der Waals surface area contributed by atoms with Gasteiger partial charge in [-0.15, -0.1) is 0 Å². The van der Waals surface area contributed by atoms with Gasteiger partial charge in [-0.05, 0) is 66.3 Å². The van der Waals surface area contributed by atoms with E-state index in [0.29, 0.717) is 37.1 Å². The Morgan fingerprint density at radius 1 is 1.03 bits per heavy atom. The van der Waals surface area contributed by atoms with Gasteiger partial charge in [0.05, 0.1) is 17.1 Å². The minimum atomic E-state index is -3.62. The fourth-order valence-corrected chi connectivity index (χ4v) is 6.05. The molecule has 0 aromatic heterocycles. The number of ether oxygens (including phenoxy) is 2. The van der Waals surface area contributed by atoms with Crippen molar-refractivity contribution in [2.45, 2.75) is 31.6 Å². The van der Waals surface area contributed by atoms with Crippen molar-refractivity contribution in [3.63, 3.8) is 0 Å². The van der Waals surface area contributed by atoms with Crippen LogP contribution in [0.3, 0.4) is 0 Å². The van der Waals surface area contributed by atoms with E-state index in [1.54, 1.807) is 18.2 Å². The average molecular weight is 458 g/mol. The summed E-state index contributed by atoms with van der Waals surface area (Å²) in [6, 6.07) is 10.8. The number of carbonyl (C=O) groups excluding carboxylic acids is 2. The smallest absolute Gasteiger partial charge is 0.338 e. The van der Waals surface area contributed by atoms with Gasteiger partial charge in [0.1, 0.15) is 5.75 Å². The number of ketones is 1. The Kier molecular flexibility index (Phi) is 6.35. The lowest BCUT2D eigenvalue weighted by atomic mass is 9.94. The third-order valence-corrected chi connectivity index (χ3v) is 7.75. The van der Waals surface area contributed by atoms with E-state index in [0.717, 1.165) is 24.2 Å². The van der Waals surface area contributed by atoms with E-state index in [9.17, 15) is 18.0 Å². The second kappa shape index (κ2) is 9.03. The normalized spacial score (nSPS) is 20.9. The van der Waals surface area contributed by atoms with Crippen LogP contribution in [0.5, 0.6) is 5.75 Å². The predicted octanol–water partition coefficient (Wildman–Crippen LogP) is 3.33. The maximum atomic E-state index is 13.0. The number of rotatable bonds is 6. The molecule has 2 aromatic carbocycles. The molecule has 4 rings (SSSR count). The molecule has 0 radical (unpaired) electrons. The van der Waals surface area contributed by atoms with Gasteiger partial charge in [-0.25, -0.2) is 13.2 Å². The molecular formula is C24H27NO6S. The summed E-state index contributed by atoms with van der Waals surface area (Å²) in [5.74, 6) is 0.409. The first-order valence-electron chi connectivity index (χ1n) is 10.8. The molecule has 0 aliphatic carbocycles. The maximum absolute atomic E-state index is 13.0. The van der Waals surface area contributed by atoms with Crippen LogP contribution in [-0.2, 0) is 21.2 Å². The summed E-state index contributed by atoms with van der Waals surface area (Å²) in [6.45, 7) is 5.30. The summed E-state index contributed by atoms with van der Waals surface area (Å²) in [5, 5.41) is 0. The number of Topliss-reactive ketones (excluding diaryl/α,β-unsaturated/α-hetero) is 1. The molecule has 2 unspecified atom stereocenters. The largest absolute Gasteiger partial charge is 0.493 e. The van der Waals surface area contributed by atoms with Gasteiger partial charge in [0.2, 0.25) is 10.0 Å². The molecule has 170 valence electrons. The van der Waals surface area contributed by atoms with E-state index in [1.807, 2.05) is 0 Å². The zero-order valence-electron chi connectivity index (χ0n) is 18.2. The van der Waals surface area contributed by atoms with Gasteiger partial charge in [0.25, 0.3) is 0 Å². The number of hydrogen-bond acceptors (Lipinski definition) is 6. The Balaban J connectivity index is 1.38. The van der Waals surface area contributed by atoms with Crippen LogP contribution in [-0.4, -0.2) is 50.8 Å². The van der Waals surface area contributed by atoms with Crippen molar-refractivity contribution >= 4 is 21.8 Å². The van der Waals surface area contributed by atoms with E-state index < -0.39 is 16.0 Å². The van der Waals surface area contributed by atoms with Crippen molar-refractivity contribution < 1.29 is 27.5 Å². The molecule has 2 aliphatic rings. The van der Waals surface area contributed by atoms with Gasteiger partial charge >= 0.3 is 5.97 Å². The summed E-state index contributed by atoms with van der Waals surface area (Å²) in [5.41, 5.74) is 1.63. The molecular weight excluding hydrogens is 430 g/mol. The Hall–Kier alpha value is -2.71. The Morgan fingerprint density at radius 3 is 2.38 bits per heavy atom. The number of nitrogens with zero attached hydrogens (tertiary/aromatic N) is 1. The molecule has 2 aliphatic heterocycles. The highest BCUT2D eigenvalue weighted by atomic mass is 32.2. The number of esters is 1. The number of carbonyl (C=O) groups is 2. The summed E-state index contributed by atoms with van der Waals surface area (Å²) in [6.07, 6.45) is 1.76. The fourth-order valence-electron chi connectivity index (χ4n) is 4.37. The molecule has 2 aromatic rings. The topological polar surface area (TPSA) is 90.0 Å². The van der Waals surface area contributed by atoms with Crippen molar-refractivity contribution in [3.05, 3.63) is 59.2 Å². The highest BCUT2D eigenvalue weighted by molar-refractivity contribution is 7.89. The number of fused-ring (bicyclic) bond motifs is 1. The van der Waals surface area contributed by atoms with Crippen molar-refractivity contribution in [2.24, 2.45) is 11.8 Å². The number of benzene rings is 2. The molecule has 1 fully saturated rings. The number of hydrogen-bond donors (Lipinski definition) is 0. The standard InChI is InChI=1S/C24H27NO6S/c1-16-11-17(2)14-25(13-16)32(28,29)21-6-3-18(4-7-21)24(27)31-15-22(26)19-5-8-23-20(12-19)9-10-30-23/h3-8,12,16-17H,9-11,13-15H2,1-2H3. The van der Waals surface area contributed by atoms with Crippen LogP contribution in [0.15, 0.2) is 47.4 Å². The summed E-state index contributed by atoms with van der Waals surface area (Å²) < 4.78 is 38.0. The Bertz CT molecular complexity index is 1120. The lowest BCUT2D eigenvalue weighted by Crippen LogP contribution is -2.42. The van der Waals surface area contributed by atoms with Crippen molar-refractivity contribution in [1.82, 2.24) is 4.31 Å². The van der Waals surface area contributed by atoms with Crippen LogP contribution in [0.2, 0.25) is 0 Å². The van der Waals surface area contributed by atoms with Crippen LogP contribution >= 0.6 is 0 Å². The zero-order chi connectivity index (χ0) is 22.9. The van der Waals surface area contributed by atoms with Gasteiger partial charge in [-0.3, -0.25) is 4.79 Å². The summed E-state index contributed by atoms with van der Waals surface area (Å²) >= 11 is 0. The van der Waals surface area contributed by atoms with Gasteiger partial charge in [0, 0.05) is 25.1 Å². The lowest BCUT2D eigenvalue weighted by Gasteiger charge is -2.34. The van der Waals surface area contributed by atoms with Crippen LogP contribution in [0, 0.1) is 11.8 Å². The van der Waals surface area contributed by atoms with Gasteiger partial charge in [-0.1, -0.05) is 13.8 Å². The Labute approximate surface area is 188 Å². The number of piperidine rings is 1. The molecule has 1 saturated heterocycles. The molecule has 7 nitrogen and oxygen atoms in total. The molecule has 2 atom stereocenters. The molecule has 0 spiro atoms. The van der Waals surface area contributed by atoms with Crippen molar-refractivity contribution in [1.29, 1.82) is 0 Å². The molecule has 0 bridgehead atoms. The Morgan fingerprint density at radius 2 is 1.69 bits per heavy atom. The van der Waals surface area contributed by atoms with E-state index in [-0.39, 0.29) is 22.8 Å². The van der Waals surface area contributed by atoms with E-state index in [2.05, 4.69) is 13.8 Å². The van der Waals surface area contributed by atoms with Crippen LogP contribution in [0.4, 0.5) is 0 Å². The van der Waals surface area contributed by atoms with Crippen LogP contribution in [0.25, 0.3) is 0 Å². The zero-order valence-corrected chi connectivity index (χ0v) is 19.1. The molecule has 32 heavy (non-hydrogen) atoms. The number of sulfonamides is 1. The molecule has 0 saturated carbocycles. The van der Waals surface area contributed by atoms with E-state index in [1.165, 1.54) is 28.6 Å². The first kappa shape index (κ1) is 22.5. The van der Waals surface area contributed by atoms with Gasteiger partial charge in [-0.2, -0.15) is 4.31 Å². The lowest BCUT2D eigenvalue weighted by molar-refractivity contribution is 0.0474. The molecule has 0 N–H and O–H groups in total. The van der Waals surface area contributed by atoms with Crippen molar-refractivity contribution in [2.75, 3.05) is 26.3 Å². The second-order valence-electron chi connectivity index (χ2n) is 8.71. The van der Waals surface area contributed by atoms with Crippen LogP contribution < -0.4 is 4.74 Å². The predicted molar refractivity (Wildman–Crippen MR) is 118 cm³/mol. The SMILES string of the molecule is CC1CC(C)CN(S(=O)(=O)c2ccc(C(=O)OCC(=O)c3ccc4c(c3)CCO4)cc2)C1. The highest BCUT2D eigenvalue weighted by Crippen LogP contribution is 2.27. The van der Waals surface area contributed by atoms with Crippen LogP contribution in [0.1, 0.15) is 46.5 Å². The van der Waals surface area contributed by atoms with Gasteiger partial charge < -0.3 is 9.47 Å². The summed E-state index contributed by atoms with van der Waals surface area (Å²) in [4.78, 5) is 24.9. The summed E-state index contributed by atoms with van der Waals surface area (Å²) in [7, 11) is -3.62. The quantitative estimate of drug-likeness (QED) is 0.488. The third-order valence-electron chi connectivity index (χ3n) is 5.91. The first-order valence-corrected chi connectivity index (χ1v) is 12.2. The third kappa shape index (κ3) is 4.71. The molecule has 2 heterocycles. The first-order chi connectivity index (χ1) is 15.2. The average Bonchev–Trinajstić information content (AvgIpc) is 3.24. The van der Waals surface area contributed by atoms with Gasteiger partial charge in [0.15, 0.2) is 12.4 Å². The fraction of sp³-hybridized carbons (Fsp3) is 0.417. The van der Waals surface area contributed by atoms with Crippen molar-refractivity contribution in [3.8, 4) is 5.75 Å². The highest BCUT2D eigenvalue weighted by Gasteiger charge is 2.31. The monoisotopic (exact) mass is 457 g/mol. The molecule has 8 heteroatoms.